The molecule has 0 amide bonds. The van der Waals surface area contributed by atoms with Crippen LogP contribution in [0.2, 0.25) is 5.02 Å². The fraction of sp³-hybridized carbons (Fsp3) is 0.500. The summed E-state index contributed by atoms with van der Waals surface area (Å²) in [7, 11) is 0. The van der Waals surface area contributed by atoms with Crippen molar-refractivity contribution in [3.63, 3.8) is 0 Å². The Morgan fingerprint density at radius 1 is 1.37 bits per heavy atom. The molecule has 1 aromatic carbocycles. The number of fused-ring (bicyclic) bond motifs is 1. The van der Waals surface area contributed by atoms with Gasteiger partial charge in [-0.15, -0.1) is 0 Å². The first-order chi connectivity index (χ1) is 9.05. The first-order valence-corrected chi connectivity index (χ1v) is 8.12. The maximum atomic E-state index is 6.07. The summed E-state index contributed by atoms with van der Waals surface area (Å²) in [6.45, 7) is 5.34. The number of hydrogen-bond acceptors (Lipinski definition) is 3. The Kier molecular flexibility index (Phi) is 4.31. The minimum atomic E-state index is 0.210. The van der Waals surface area contributed by atoms with Gasteiger partial charge in [0.1, 0.15) is 0 Å². The molecular formula is C14H20ClN3S. The number of halogens is 1. The zero-order chi connectivity index (χ0) is 14.0. The Bertz CT molecular complexity index is 567. The van der Waals surface area contributed by atoms with Gasteiger partial charge in [-0.05, 0) is 37.3 Å². The minimum absolute atomic E-state index is 0.210. The van der Waals surface area contributed by atoms with Gasteiger partial charge in [0.25, 0.3) is 0 Å². The molecule has 3 nitrogen and oxygen atoms in total. The molecule has 1 heterocycles. The van der Waals surface area contributed by atoms with E-state index in [2.05, 4.69) is 29.7 Å². The number of imidazole rings is 1. The molecule has 0 aliphatic carbocycles. The lowest BCUT2D eigenvalue weighted by molar-refractivity contribution is 0.476. The molecule has 2 rings (SSSR count). The van der Waals surface area contributed by atoms with Crippen molar-refractivity contribution in [3.8, 4) is 0 Å². The Morgan fingerprint density at radius 3 is 2.63 bits per heavy atom. The highest BCUT2D eigenvalue weighted by atomic mass is 35.5. The number of benzene rings is 1. The molecule has 0 saturated carbocycles. The standard InChI is InChI=1S/C14H20ClN3S/c1-4-14(5-2,19-3)9-18-12-7-6-10(15)8-11(12)17-13(18)16/h6-8H,4-5,9H2,1-3H3,(H2,16,17). The topological polar surface area (TPSA) is 43.8 Å². The second-order valence-corrected chi connectivity index (χ2v) is 6.49. The highest BCUT2D eigenvalue weighted by Gasteiger charge is 2.27. The van der Waals surface area contributed by atoms with Crippen LogP contribution in [-0.2, 0) is 6.54 Å². The third-order valence-electron chi connectivity index (χ3n) is 3.91. The van der Waals surface area contributed by atoms with Crippen LogP contribution in [0.1, 0.15) is 26.7 Å². The highest BCUT2D eigenvalue weighted by Crippen LogP contribution is 2.34. The van der Waals surface area contributed by atoms with Gasteiger partial charge < -0.3 is 10.3 Å². The first kappa shape index (κ1) is 14.5. The van der Waals surface area contributed by atoms with Gasteiger partial charge in [0.2, 0.25) is 5.95 Å². The lowest BCUT2D eigenvalue weighted by Crippen LogP contribution is -2.29. The molecule has 2 aromatic rings. The van der Waals surface area contributed by atoms with Gasteiger partial charge in [0, 0.05) is 16.3 Å². The second kappa shape index (κ2) is 5.63. The van der Waals surface area contributed by atoms with E-state index in [-0.39, 0.29) is 4.75 Å². The van der Waals surface area contributed by atoms with Crippen molar-refractivity contribution >= 4 is 40.3 Å². The van der Waals surface area contributed by atoms with Gasteiger partial charge in [-0.3, -0.25) is 0 Å². The van der Waals surface area contributed by atoms with E-state index in [9.17, 15) is 0 Å². The van der Waals surface area contributed by atoms with Crippen LogP contribution in [0.15, 0.2) is 18.2 Å². The largest absolute Gasteiger partial charge is 0.369 e. The monoisotopic (exact) mass is 297 g/mol. The summed E-state index contributed by atoms with van der Waals surface area (Å²) in [5.41, 5.74) is 8.00. The number of nitrogens with two attached hydrogens (primary N) is 1. The molecule has 0 fully saturated rings. The zero-order valence-corrected chi connectivity index (χ0v) is 13.2. The Hall–Kier alpha value is -0.870. The Morgan fingerprint density at radius 2 is 2.05 bits per heavy atom. The number of nitrogens with zero attached hydrogens (tertiary/aromatic N) is 2. The molecule has 0 radical (unpaired) electrons. The molecule has 104 valence electrons. The second-order valence-electron chi connectivity index (χ2n) is 4.78. The third-order valence-corrected chi connectivity index (χ3v) is 5.72. The van der Waals surface area contributed by atoms with E-state index in [1.165, 1.54) is 0 Å². The summed E-state index contributed by atoms with van der Waals surface area (Å²) in [5.74, 6) is 0.567. The molecule has 0 saturated heterocycles. The molecule has 0 bridgehead atoms. The molecule has 0 aliphatic rings. The summed E-state index contributed by atoms with van der Waals surface area (Å²) in [5, 5.41) is 0.694. The Labute approximate surface area is 123 Å². The maximum Gasteiger partial charge on any atom is 0.201 e. The van der Waals surface area contributed by atoms with Crippen molar-refractivity contribution in [2.75, 3.05) is 12.0 Å². The van der Waals surface area contributed by atoms with Gasteiger partial charge in [-0.2, -0.15) is 11.8 Å². The van der Waals surface area contributed by atoms with E-state index in [4.69, 9.17) is 17.3 Å². The predicted molar refractivity (Wildman–Crippen MR) is 86.0 cm³/mol. The fourth-order valence-corrected chi connectivity index (χ4v) is 3.40. The maximum absolute atomic E-state index is 6.07. The lowest BCUT2D eigenvalue weighted by Gasteiger charge is -2.30. The summed E-state index contributed by atoms with van der Waals surface area (Å²) < 4.78 is 2.32. The molecule has 2 N–H and O–H groups in total. The van der Waals surface area contributed by atoms with E-state index in [0.717, 1.165) is 30.4 Å². The van der Waals surface area contributed by atoms with Gasteiger partial charge in [-0.25, -0.2) is 4.98 Å². The molecule has 19 heavy (non-hydrogen) atoms. The lowest BCUT2D eigenvalue weighted by atomic mass is 10.0. The van der Waals surface area contributed by atoms with E-state index < -0.39 is 0 Å². The van der Waals surface area contributed by atoms with Gasteiger partial charge in [0.05, 0.1) is 11.0 Å². The number of rotatable bonds is 5. The van der Waals surface area contributed by atoms with Crippen LogP contribution < -0.4 is 5.73 Å². The van der Waals surface area contributed by atoms with Crippen LogP contribution in [0.25, 0.3) is 11.0 Å². The first-order valence-electron chi connectivity index (χ1n) is 6.51. The average molecular weight is 298 g/mol. The van der Waals surface area contributed by atoms with Gasteiger partial charge >= 0.3 is 0 Å². The summed E-state index contributed by atoms with van der Waals surface area (Å²) in [4.78, 5) is 4.41. The summed E-state index contributed by atoms with van der Waals surface area (Å²) >= 11 is 7.91. The van der Waals surface area contributed by atoms with Gasteiger partial charge in [-0.1, -0.05) is 25.4 Å². The van der Waals surface area contributed by atoms with Crippen LogP contribution in [0.4, 0.5) is 5.95 Å². The SMILES string of the molecule is CCC(CC)(Cn1c(N)nc2cc(Cl)ccc21)SC. The molecular weight excluding hydrogens is 278 g/mol. The van der Waals surface area contributed by atoms with Crippen molar-refractivity contribution < 1.29 is 0 Å². The number of anilines is 1. The van der Waals surface area contributed by atoms with E-state index in [1.54, 1.807) is 0 Å². The van der Waals surface area contributed by atoms with Crippen LogP contribution in [0.5, 0.6) is 0 Å². The van der Waals surface area contributed by atoms with E-state index in [1.807, 2.05) is 30.0 Å². The smallest absolute Gasteiger partial charge is 0.201 e. The quantitative estimate of drug-likeness (QED) is 0.900. The van der Waals surface area contributed by atoms with Crippen molar-refractivity contribution in [1.82, 2.24) is 9.55 Å². The summed E-state index contributed by atoms with van der Waals surface area (Å²) in [6.07, 6.45) is 4.38. The van der Waals surface area contributed by atoms with Crippen molar-refractivity contribution in [1.29, 1.82) is 0 Å². The van der Waals surface area contributed by atoms with Crippen molar-refractivity contribution in [2.45, 2.75) is 38.0 Å². The molecule has 0 atom stereocenters. The average Bonchev–Trinajstić information content (AvgIpc) is 2.71. The third kappa shape index (κ3) is 2.70. The summed E-state index contributed by atoms with van der Waals surface area (Å²) in [6, 6.07) is 5.75. The molecule has 1 aromatic heterocycles. The number of thioether (sulfide) groups is 1. The number of hydrogen-bond donors (Lipinski definition) is 1. The van der Waals surface area contributed by atoms with E-state index in [0.29, 0.717) is 11.0 Å². The van der Waals surface area contributed by atoms with E-state index >= 15 is 0 Å². The minimum Gasteiger partial charge on any atom is -0.369 e. The van der Waals surface area contributed by atoms with Crippen LogP contribution in [-0.4, -0.2) is 20.6 Å². The molecule has 0 spiro atoms. The Balaban J connectivity index is 2.47. The van der Waals surface area contributed by atoms with Crippen LogP contribution in [0, 0.1) is 0 Å². The highest BCUT2D eigenvalue weighted by molar-refractivity contribution is 8.00. The number of nitrogen functional groups attached to an aromatic ring is 1. The normalized spacial score (nSPS) is 12.2. The molecule has 0 aliphatic heterocycles. The van der Waals surface area contributed by atoms with Crippen LogP contribution in [0.3, 0.4) is 0 Å². The molecule has 0 unspecified atom stereocenters. The fourth-order valence-electron chi connectivity index (χ4n) is 2.40. The predicted octanol–water partition coefficient (Wildman–Crippen LogP) is 4.19. The van der Waals surface area contributed by atoms with Crippen LogP contribution >= 0.6 is 23.4 Å². The van der Waals surface area contributed by atoms with Crippen molar-refractivity contribution in [2.24, 2.45) is 0 Å². The number of aromatic nitrogens is 2. The van der Waals surface area contributed by atoms with Crippen molar-refractivity contribution in [3.05, 3.63) is 23.2 Å². The van der Waals surface area contributed by atoms with Gasteiger partial charge in [0.15, 0.2) is 0 Å². The molecule has 5 heteroatoms. The zero-order valence-electron chi connectivity index (χ0n) is 11.6.